The van der Waals surface area contributed by atoms with Gasteiger partial charge in [-0.25, -0.2) is 0 Å². The molecular weight excluding hydrogens is 180 g/mol. The smallest absolute Gasteiger partial charge is 0.239 e. The number of carbonyl (C=O) groups excluding carboxylic acids is 2. The lowest BCUT2D eigenvalue weighted by atomic mass is 9.99. The largest absolute Gasteiger partial charge is 0.368 e. The fraction of sp³-hybridized carbons (Fsp3) is 0.600. The van der Waals surface area contributed by atoms with E-state index in [4.69, 9.17) is 5.73 Å². The summed E-state index contributed by atoms with van der Waals surface area (Å²) in [6.45, 7) is 3.60. The Kier molecular flexibility index (Phi) is 3.68. The Balaban J connectivity index is 2.60. The molecule has 0 bridgehead atoms. The molecule has 1 fully saturated rings. The van der Waals surface area contributed by atoms with Gasteiger partial charge in [-0.3, -0.25) is 9.59 Å². The molecule has 4 heteroatoms. The Labute approximate surface area is 83.5 Å². The number of rotatable bonds is 3. The zero-order chi connectivity index (χ0) is 10.6. The molecule has 0 aromatic heterocycles. The van der Waals surface area contributed by atoms with Crippen molar-refractivity contribution in [2.75, 3.05) is 0 Å². The van der Waals surface area contributed by atoms with Crippen molar-refractivity contribution in [1.82, 2.24) is 5.32 Å². The second kappa shape index (κ2) is 4.79. The molecule has 0 aromatic rings. The van der Waals surface area contributed by atoms with Gasteiger partial charge >= 0.3 is 0 Å². The van der Waals surface area contributed by atoms with Crippen LogP contribution in [0.15, 0.2) is 12.7 Å². The van der Waals surface area contributed by atoms with Crippen LogP contribution in [0, 0.1) is 5.92 Å². The lowest BCUT2D eigenvalue weighted by Gasteiger charge is -2.13. The molecule has 78 valence electrons. The Morgan fingerprint density at radius 1 is 1.64 bits per heavy atom. The topological polar surface area (TPSA) is 72.2 Å². The van der Waals surface area contributed by atoms with Crippen molar-refractivity contribution < 1.29 is 9.59 Å². The van der Waals surface area contributed by atoms with Gasteiger partial charge in [-0.1, -0.05) is 12.5 Å². The molecular formula is C10H16N2O2. The normalized spacial score (nSPS) is 27.6. The molecule has 1 aliphatic rings. The van der Waals surface area contributed by atoms with Crippen LogP contribution in [0.4, 0.5) is 0 Å². The first kappa shape index (κ1) is 10.8. The van der Waals surface area contributed by atoms with Crippen LogP contribution in [-0.4, -0.2) is 17.9 Å². The fourth-order valence-corrected chi connectivity index (χ4v) is 1.70. The van der Waals surface area contributed by atoms with Gasteiger partial charge in [-0.15, -0.1) is 6.58 Å². The zero-order valence-corrected chi connectivity index (χ0v) is 8.16. The molecule has 1 saturated heterocycles. The first-order chi connectivity index (χ1) is 6.65. The Hall–Kier alpha value is -1.32. The van der Waals surface area contributed by atoms with Crippen LogP contribution in [0.25, 0.3) is 0 Å². The SMILES string of the molecule is C=CCC1CCCC(C(N)=O)NC1=O. The van der Waals surface area contributed by atoms with Crippen LogP contribution in [0.3, 0.4) is 0 Å². The molecule has 3 N–H and O–H groups in total. The number of allylic oxidation sites excluding steroid dienone is 1. The number of nitrogens with two attached hydrogens (primary N) is 1. The molecule has 2 atom stereocenters. The van der Waals surface area contributed by atoms with Crippen LogP contribution >= 0.6 is 0 Å². The summed E-state index contributed by atoms with van der Waals surface area (Å²) in [5.74, 6) is -0.569. The summed E-state index contributed by atoms with van der Waals surface area (Å²) >= 11 is 0. The maximum absolute atomic E-state index is 11.6. The minimum atomic E-state index is -0.489. The maximum Gasteiger partial charge on any atom is 0.239 e. The summed E-state index contributed by atoms with van der Waals surface area (Å²) < 4.78 is 0. The number of primary amides is 1. The first-order valence-electron chi connectivity index (χ1n) is 4.85. The third kappa shape index (κ3) is 2.58. The Morgan fingerprint density at radius 2 is 2.36 bits per heavy atom. The molecule has 4 nitrogen and oxygen atoms in total. The second-order valence-electron chi connectivity index (χ2n) is 3.62. The molecule has 0 aromatic carbocycles. The van der Waals surface area contributed by atoms with Crippen molar-refractivity contribution in [2.45, 2.75) is 31.7 Å². The summed E-state index contributed by atoms with van der Waals surface area (Å²) in [6, 6.07) is -0.489. The number of nitrogens with one attached hydrogen (secondary N) is 1. The highest BCUT2D eigenvalue weighted by Gasteiger charge is 2.26. The second-order valence-corrected chi connectivity index (χ2v) is 3.62. The van der Waals surface area contributed by atoms with Crippen molar-refractivity contribution in [2.24, 2.45) is 11.7 Å². The van der Waals surface area contributed by atoms with Gasteiger partial charge in [0.1, 0.15) is 6.04 Å². The lowest BCUT2D eigenvalue weighted by molar-refractivity contribution is -0.129. The molecule has 0 aliphatic carbocycles. The van der Waals surface area contributed by atoms with Crippen molar-refractivity contribution in [3.8, 4) is 0 Å². The Bertz CT molecular complexity index is 251. The molecule has 0 radical (unpaired) electrons. The van der Waals surface area contributed by atoms with E-state index in [1.807, 2.05) is 0 Å². The van der Waals surface area contributed by atoms with Gasteiger partial charge in [-0.2, -0.15) is 0 Å². The molecule has 2 unspecified atom stereocenters. The number of hydrogen-bond acceptors (Lipinski definition) is 2. The van der Waals surface area contributed by atoms with Crippen molar-refractivity contribution in [3.63, 3.8) is 0 Å². The predicted octanol–water partition coefficient (Wildman–Crippen LogP) is 0.333. The van der Waals surface area contributed by atoms with E-state index in [1.165, 1.54) is 0 Å². The van der Waals surface area contributed by atoms with Crippen molar-refractivity contribution in [1.29, 1.82) is 0 Å². The molecule has 1 heterocycles. The van der Waals surface area contributed by atoms with E-state index in [9.17, 15) is 9.59 Å². The van der Waals surface area contributed by atoms with Gasteiger partial charge in [0.2, 0.25) is 11.8 Å². The zero-order valence-electron chi connectivity index (χ0n) is 8.16. The standard InChI is InChI=1S/C10H16N2O2/c1-2-4-7-5-3-6-8(9(11)13)12-10(7)14/h2,7-8H,1,3-6H2,(H2,11,13)(H,12,14). The predicted molar refractivity (Wildman–Crippen MR) is 53.3 cm³/mol. The van der Waals surface area contributed by atoms with Crippen molar-refractivity contribution >= 4 is 11.8 Å². The van der Waals surface area contributed by atoms with E-state index in [-0.39, 0.29) is 11.8 Å². The van der Waals surface area contributed by atoms with Crippen LogP contribution < -0.4 is 11.1 Å². The molecule has 0 saturated carbocycles. The maximum atomic E-state index is 11.6. The molecule has 1 rings (SSSR count). The summed E-state index contributed by atoms with van der Waals surface area (Å²) in [7, 11) is 0. The van der Waals surface area contributed by atoms with Crippen LogP contribution in [0.2, 0.25) is 0 Å². The number of carbonyl (C=O) groups is 2. The summed E-state index contributed by atoms with van der Waals surface area (Å²) in [5.41, 5.74) is 5.14. The Morgan fingerprint density at radius 3 is 2.93 bits per heavy atom. The number of amides is 2. The van der Waals surface area contributed by atoms with E-state index in [2.05, 4.69) is 11.9 Å². The quantitative estimate of drug-likeness (QED) is 0.638. The summed E-state index contributed by atoms with van der Waals surface area (Å²) in [6.07, 6.45) is 4.70. The van der Waals surface area contributed by atoms with Crippen LogP contribution in [0.1, 0.15) is 25.7 Å². The van der Waals surface area contributed by atoms with Crippen LogP contribution in [0.5, 0.6) is 0 Å². The third-order valence-electron chi connectivity index (χ3n) is 2.53. The molecule has 1 aliphatic heterocycles. The lowest BCUT2D eigenvalue weighted by Crippen LogP contribution is -2.44. The minimum absolute atomic E-state index is 0.0446. The average molecular weight is 196 g/mol. The van der Waals surface area contributed by atoms with Crippen molar-refractivity contribution in [3.05, 3.63) is 12.7 Å². The highest BCUT2D eigenvalue weighted by Crippen LogP contribution is 2.18. The van der Waals surface area contributed by atoms with Gasteiger partial charge < -0.3 is 11.1 Å². The van der Waals surface area contributed by atoms with Gasteiger partial charge in [0.15, 0.2) is 0 Å². The van der Waals surface area contributed by atoms with Gasteiger partial charge in [0.05, 0.1) is 0 Å². The molecule has 0 spiro atoms. The highest BCUT2D eigenvalue weighted by molar-refractivity contribution is 5.87. The van der Waals surface area contributed by atoms with Gasteiger partial charge in [0.25, 0.3) is 0 Å². The van der Waals surface area contributed by atoms with E-state index in [0.29, 0.717) is 12.8 Å². The first-order valence-corrected chi connectivity index (χ1v) is 4.85. The monoisotopic (exact) mass is 196 g/mol. The summed E-state index contributed by atoms with van der Waals surface area (Å²) in [4.78, 5) is 22.5. The third-order valence-corrected chi connectivity index (χ3v) is 2.53. The minimum Gasteiger partial charge on any atom is -0.368 e. The molecule has 2 amide bonds. The number of hydrogen-bond donors (Lipinski definition) is 2. The van der Waals surface area contributed by atoms with E-state index < -0.39 is 11.9 Å². The highest BCUT2D eigenvalue weighted by atomic mass is 16.2. The van der Waals surface area contributed by atoms with Gasteiger partial charge in [-0.05, 0) is 19.3 Å². The van der Waals surface area contributed by atoms with Crippen LogP contribution in [-0.2, 0) is 9.59 Å². The molecule has 14 heavy (non-hydrogen) atoms. The average Bonchev–Trinajstić information content (AvgIpc) is 2.30. The van der Waals surface area contributed by atoms with E-state index in [1.54, 1.807) is 6.08 Å². The summed E-state index contributed by atoms with van der Waals surface area (Å²) in [5, 5.41) is 2.65. The van der Waals surface area contributed by atoms with E-state index >= 15 is 0 Å². The van der Waals surface area contributed by atoms with E-state index in [0.717, 1.165) is 12.8 Å². The van der Waals surface area contributed by atoms with Gasteiger partial charge in [0, 0.05) is 5.92 Å². The fourth-order valence-electron chi connectivity index (χ4n) is 1.70.